The van der Waals surface area contributed by atoms with Crippen molar-refractivity contribution < 1.29 is 0 Å². The van der Waals surface area contributed by atoms with Crippen molar-refractivity contribution in [2.75, 3.05) is 23.9 Å². The van der Waals surface area contributed by atoms with Crippen molar-refractivity contribution in [3.8, 4) is 5.69 Å². The van der Waals surface area contributed by atoms with Gasteiger partial charge in [-0.2, -0.15) is 11.8 Å². The number of hydrogen-bond donors (Lipinski definition) is 1. The molecule has 96 valence electrons. The topological polar surface area (TPSA) is 29.9 Å². The van der Waals surface area contributed by atoms with E-state index in [0.29, 0.717) is 0 Å². The van der Waals surface area contributed by atoms with Crippen molar-refractivity contribution in [2.24, 2.45) is 0 Å². The minimum Gasteiger partial charge on any atom is -0.383 e. The number of aromatic nitrogens is 2. The molecular weight excluding hydrogens is 242 g/mol. The summed E-state index contributed by atoms with van der Waals surface area (Å²) in [6.07, 6.45) is 10.2. The lowest BCUT2D eigenvalue weighted by Gasteiger charge is -2.12. The minimum atomic E-state index is 1.02. The number of hydrogen-bond acceptors (Lipinski definition) is 3. The molecule has 4 heteroatoms. The standard InChI is InChI=1S/C14H19N3S/c1-18-11-5-4-8-16-13-6-2-3-7-14(13)17-10-9-15-12-17/h2-3,6-7,9-10,12,16H,4-5,8,11H2,1H3. The van der Waals surface area contributed by atoms with E-state index >= 15 is 0 Å². The van der Waals surface area contributed by atoms with Gasteiger partial charge in [-0.1, -0.05) is 12.1 Å². The summed E-state index contributed by atoms with van der Waals surface area (Å²) in [6.45, 7) is 1.02. The highest BCUT2D eigenvalue weighted by Gasteiger charge is 2.02. The average Bonchev–Trinajstić information content (AvgIpc) is 2.93. The second-order valence-corrected chi connectivity index (χ2v) is 5.10. The van der Waals surface area contributed by atoms with Gasteiger partial charge in [0.05, 0.1) is 17.7 Å². The normalized spacial score (nSPS) is 10.5. The molecule has 0 aliphatic rings. The summed E-state index contributed by atoms with van der Waals surface area (Å²) in [7, 11) is 0. The van der Waals surface area contributed by atoms with Crippen LogP contribution in [0, 0.1) is 0 Å². The van der Waals surface area contributed by atoms with Gasteiger partial charge in [0.25, 0.3) is 0 Å². The number of rotatable bonds is 7. The number of imidazole rings is 1. The number of nitrogens with one attached hydrogen (secondary N) is 1. The molecule has 0 radical (unpaired) electrons. The molecule has 0 aliphatic carbocycles. The third kappa shape index (κ3) is 3.53. The fourth-order valence-corrected chi connectivity index (χ4v) is 2.34. The van der Waals surface area contributed by atoms with E-state index in [2.05, 4.69) is 34.8 Å². The van der Waals surface area contributed by atoms with Crippen molar-refractivity contribution in [2.45, 2.75) is 12.8 Å². The lowest BCUT2D eigenvalue weighted by Crippen LogP contribution is -2.05. The summed E-state index contributed by atoms with van der Waals surface area (Å²) in [6, 6.07) is 8.33. The Balaban J connectivity index is 1.96. The minimum absolute atomic E-state index is 1.02. The summed E-state index contributed by atoms with van der Waals surface area (Å²) >= 11 is 1.91. The molecule has 1 aromatic heterocycles. The first-order valence-electron chi connectivity index (χ1n) is 6.22. The van der Waals surface area contributed by atoms with Crippen molar-refractivity contribution in [3.05, 3.63) is 43.0 Å². The number of anilines is 1. The maximum absolute atomic E-state index is 4.09. The molecule has 0 fully saturated rings. The van der Waals surface area contributed by atoms with E-state index in [0.717, 1.165) is 12.2 Å². The smallest absolute Gasteiger partial charge is 0.0992 e. The molecular formula is C14H19N3S. The number of benzene rings is 1. The predicted octanol–water partition coefficient (Wildman–Crippen LogP) is 3.43. The van der Waals surface area contributed by atoms with Crippen LogP contribution >= 0.6 is 11.8 Å². The van der Waals surface area contributed by atoms with E-state index in [-0.39, 0.29) is 0 Å². The van der Waals surface area contributed by atoms with Gasteiger partial charge < -0.3 is 9.88 Å². The molecule has 1 aromatic carbocycles. The summed E-state index contributed by atoms with van der Waals surface area (Å²) in [5.41, 5.74) is 2.32. The van der Waals surface area contributed by atoms with Crippen molar-refractivity contribution in [3.63, 3.8) is 0 Å². The molecule has 0 amide bonds. The molecule has 0 bridgehead atoms. The molecule has 1 N–H and O–H groups in total. The largest absolute Gasteiger partial charge is 0.383 e. The predicted molar refractivity (Wildman–Crippen MR) is 79.7 cm³/mol. The fourth-order valence-electron chi connectivity index (χ4n) is 1.84. The monoisotopic (exact) mass is 261 g/mol. The van der Waals surface area contributed by atoms with E-state index in [1.165, 1.54) is 24.3 Å². The van der Waals surface area contributed by atoms with Crippen LogP contribution in [-0.2, 0) is 0 Å². The number of para-hydroxylation sites is 2. The lowest BCUT2D eigenvalue weighted by molar-refractivity contribution is 0.842. The van der Waals surface area contributed by atoms with E-state index in [1.54, 1.807) is 6.20 Å². The molecule has 0 saturated heterocycles. The lowest BCUT2D eigenvalue weighted by atomic mass is 10.2. The number of unbranched alkanes of at least 4 members (excludes halogenated alkanes) is 1. The van der Waals surface area contributed by atoms with Crippen LogP contribution < -0.4 is 5.32 Å². The Kier molecular flexibility index (Phi) is 5.15. The zero-order chi connectivity index (χ0) is 12.6. The Hall–Kier alpha value is -1.42. The van der Waals surface area contributed by atoms with Gasteiger partial charge in [-0.15, -0.1) is 0 Å². The zero-order valence-corrected chi connectivity index (χ0v) is 11.5. The SMILES string of the molecule is CSCCCCNc1ccccc1-n1ccnc1. The van der Waals surface area contributed by atoms with E-state index < -0.39 is 0 Å². The van der Waals surface area contributed by atoms with Crippen LogP contribution in [0.25, 0.3) is 5.69 Å². The molecule has 2 rings (SSSR count). The summed E-state index contributed by atoms with van der Waals surface area (Å²) < 4.78 is 2.03. The first-order chi connectivity index (χ1) is 8.92. The molecule has 0 aliphatic heterocycles. The van der Waals surface area contributed by atoms with Gasteiger partial charge in [0.2, 0.25) is 0 Å². The highest BCUT2D eigenvalue weighted by molar-refractivity contribution is 7.98. The molecule has 2 aromatic rings. The van der Waals surface area contributed by atoms with Gasteiger partial charge in [0.1, 0.15) is 0 Å². The molecule has 1 heterocycles. The maximum Gasteiger partial charge on any atom is 0.0992 e. The Morgan fingerprint density at radius 3 is 2.94 bits per heavy atom. The fraction of sp³-hybridized carbons (Fsp3) is 0.357. The van der Waals surface area contributed by atoms with Gasteiger partial charge in [-0.3, -0.25) is 0 Å². The van der Waals surface area contributed by atoms with E-state index in [4.69, 9.17) is 0 Å². The molecule has 0 atom stereocenters. The summed E-state index contributed by atoms with van der Waals surface area (Å²) in [5, 5.41) is 3.50. The van der Waals surface area contributed by atoms with Gasteiger partial charge in [0.15, 0.2) is 0 Å². The first-order valence-corrected chi connectivity index (χ1v) is 7.61. The number of nitrogens with zero attached hydrogens (tertiary/aromatic N) is 2. The second-order valence-electron chi connectivity index (χ2n) is 4.11. The van der Waals surface area contributed by atoms with Crippen LogP contribution in [0.2, 0.25) is 0 Å². The van der Waals surface area contributed by atoms with Gasteiger partial charge in [-0.05, 0) is 37.0 Å². The maximum atomic E-state index is 4.09. The third-order valence-corrected chi connectivity index (χ3v) is 3.47. The average molecular weight is 261 g/mol. The third-order valence-electron chi connectivity index (χ3n) is 2.78. The van der Waals surface area contributed by atoms with Crippen LogP contribution in [0.15, 0.2) is 43.0 Å². The van der Waals surface area contributed by atoms with Crippen LogP contribution in [0.5, 0.6) is 0 Å². The Bertz CT molecular complexity index is 454. The first kappa shape index (κ1) is 13.0. The van der Waals surface area contributed by atoms with E-state index in [1.807, 2.05) is 34.9 Å². The highest BCUT2D eigenvalue weighted by Crippen LogP contribution is 2.19. The summed E-state index contributed by atoms with van der Waals surface area (Å²) in [4.78, 5) is 4.09. The van der Waals surface area contributed by atoms with Gasteiger partial charge in [-0.25, -0.2) is 4.98 Å². The second kappa shape index (κ2) is 7.11. The van der Waals surface area contributed by atoms with Crippen LogP contribution in [-0.4, -0.2) is 28.1 Å². The zero-order valence-electron chi connectivity index (χ0n) is 10.7. The quantitative estimate of drug-likeness (QED) is 0.774. The van der Waals surface area contributed by atoms with Crippen molar-refractivity contribution in [1.29, 1.82) is 0 Å². The van der Waals surface area contributed by atoms with Crippen molar-refractivity contribution >= 4 is 17.4 Å². The number of thioether (sulfide) groups is 1. The molecule has 3 nitrogen and oxygen atoms in total. The Morgan fingerprint density at radius 1 is 1.28 bits per heavy atom. The molecule has 0 saturated carbocycles. The van der Waals surface area contributed by atoms with E-state index in [9.17, 15) is 0 Å². The van der Waals surface area contributed by atoms with Gasteiger partial charge in [0, 0.05) is 18.9 Å². The van der Waals surface area contributed by atoms with Crippen molar-refractivity contribution in [1.82, 2.24) is 9.55 Å². The summed E-state index contributed by atoms with van der Waals surface area (Å²) in [5.74, 6) is 1.24. The highest BCUT2D eigenvalue weighted by atomic mass is 32.2. The van der Waals surface area contributed by atoms with Gasteiger partial charge >= 0.3 is 0 Å². The molecule has 0 unspecified atom stereocenters. The van der Waals surface area contributed by atoms with Crippen LogP contribution in [0.4, 0.5) is 5.69 Å². The van der Waals surface area contributed by atoms with Crippen LogP contribution in [0.3, 0.4) is 0 Å². The Morgan fingerprint density at radius 2 is 2.17 bits per heavy atom. The Labute approximate surface area is 113 Å². The van der Waals surface area contributed by atoms with Crippen LogP contribution in [0.1, 0.15) is 12.8 Å². The molecule has 18 heavy (non-hydrogen) atoms. The molecule has 0 spiro atoms.